The maximum atomic E-state index is 12.7. The fraction of sp³-hybridized carbons (Fsp3) is 0.219. The Bertz CT molecular complexity index is 5010. The van der Waals surface area contributed by atoms with E-state index in [9.17, 15) is 13.0 Å². The summed E-state index contributed by atoms with van der Waals surface area (Å²) in [6.45, 7) is 9.47. The zero-order valence-electron chi connectivity index (χ0n) is 51.1. The Kier molecular flexibility index (Phi) is 19.0. The van der Waals surface area contributed by atoms with Crippen LogP contribution in [0.4, 0.5) is 11.6 Å². The Morgan fingerprint density at radius 2 is 0.977 bits per heavy atom. The molecule has 10 aromatic rings. The molecule has 14 rings (SSSR count). The van der Waals surface area contributed by atoms with Crippen molar-refractivity contribution >= 4 is 145 Å². The molecule has 435 valence electrons. The summed E-state index contributed by atoms with van der Waals surface area (Å²) < 4.78 is 73.3. The summed E-state index contributed by atoms with van der Waals surface area (Å²) in [6, 6.07) is 34.4. The van der Waals surface area contributed by atoms with Crippen LogP contribution in [0.15, 0.2) is 149 Å². The molecular formula is C64H56InN8Na2O11S2. The topological polar surface area (TPSA) is 245 Å². The maximum absolute atomic E-state index is 12.7. The van der Waals surface area contributed by atoms with E-state index in [0.717, 1.165) is 88.4 Å². The zero-order valence-corrected chi connectivity index (χ0v) is 58.0. The van der Waals surface area contributed by atoms with Crippen molar-refractivity contribution in [2.45, 2.75) is 76.0 Å². The van der Waals surface area contributed by atoms with Gasteiger partial charge in [0, 0.05) is 0 Å². The predicted molar refractivity (Wildman–Crippen MR) is 338 cm³/mol. The monoisotopic (exact) mass is 1340 g/mol. The summed E-state index contributed by atoms with van der Waals surface area (Å²) in [5.74, 6) is 11.0. The molecule has 19 nitrogen and oxygen atoms in total. The van der Waals surface area contributed by atoms with Gasteiger partial charge in [0.15, 0.2) is 0 Å². The molecule has 4 aliphatic heterocycles. The SMILES string of the molecule is CC#CCOc1c2ccccc2c(OCCCC)c2c3[n]4c(c12)N=C1N=C(N=c2c5c(OCCCC)c6ccccc6c(OCCCC)c5c([n]2[In]4)=NC2=NC(=N3)c3cc4ccc(S(=O)(=O)O)cc4cc32)c2cc3ccc(SOOO)cc3cc21.O.[H-].[H-].[Na+].[Na+]. The van der Waals surface area contributed by atoms with Crippen LogP contribution < -0.4 is 89.0 Å². The molecule has 6 heterocycles. The number of unbranched alkanes of at least 4 members (excludes halogenated alkanes) is 3. The number of amidine groups is 4. The van der Waals surface area contributed by atoms with Crippen LogP contribution in [0.1, 0.15) is 91.3 Å². The molecule has 0 amide bonds. The van der Waals surface area contributed by atoms with Crippen LogP contribution in [-0.4, -0.2) is 102 Å². The first-order chi connectivity index (χ1) is 41.6. The van der Waals surface area contributed by atoms with Crippen molar-refractivity contribution in [3.8, 4) is 34.8 Å². The van der Waals surface area contributed by atoms with E-state index in [-0.39, 0.29) is 78.9 Å². The molecule has 8 aromatic carbocycles. The number of nitrogens with zero attached hydrogens (tertiary/aromatic N) is 8. The second-order valence-corrected chi connectivity index (χ2v) is 26.7. The molecular weight excluding hydrogens is 1280 g/mol. The van der Waals surface area contributed by atoms with E-state index in [4.69, 9.17) is 58.5 Å². The Morgan fingerprint density at radius 3 is 1.43 bits per heavy atom. The third kappa shape index (κ3) is 11.1. The molecule has 4 N–H and O–H groups in total. The molecule has 0 fully saturated rings. The van der Waals surface area contributed by atoms with Gasteiger partial charge in [-0.3, -0.25) is 0 Å². The largest absolute Gasteiger partial charge is 1.00 e. The third-order valence-corrected chi connectivity index (χ3v) is 21.1. The van der Waals surface area contributed by atoms with E-state index < -0.39 is 33.6 Å². The standard InChI is InChI=1S/C64H52N8O10S2.In.2Na.H2O.2H/c1-5-9-25-77-53-41-17-13-15-19-43(41)55(79-27-11-7-3)51-49(53)62-68-58-46-32-36-22-24-40(84(74,75)76)30-38(36)34-48(46)60(66-58)70-64-52-50(54(78-26-10-6-2)42-18-14-16-20-44(42)56(52)80-28-12-8-4)61(72-64)67-57-45-31-35-21-23-39(83-82-81-73)29-37(35)33-47(45)59(65-57)69-63(51)71-62;;;;;;/h13-24,29-34H,5-6,8-10,12,25-28H2,1-4H3,(H2-2,65,66,67,68,69,70,71,72,73,74,75,76);;;;1H2;;/q-2;+2;2*+1;;2*-1. The summed E-state index contributed by atoms with van der Waals surface area (Å²) in [5.41, 5.74) is 3.73. The summed E-state index contributed by atoms with van der Waals surface area (Å²) in [6.07, 6.45) is 5.01. The molecule has 0 spiro atoms. The summed E-state index contributed by atoms with van der Waals surface area (Å²) in [5, 5.41) is 21.9. The molecule has 1 radical (unpaired) electrons. The molecule has 2 aromatic heterocycles. The van der Waals surface area contributed by atoms with Crippen molar-refractivity contribution in [2.75, 3.05) is 26.4 Å². The van der Waals surface area contributed by atoms with Gasteiger partial charge in [-0.2, -0.15) is 0 Å². The van der Waals surface area contributed by atoms with Crippen LogP contribution in [0.2, 0.25) is 0 Å². The normalized spacial score (nSPS) is 13.3. The van der Waals surface area contributed by atoms with Crippen molar-refractivity contribution in [1.82, 2.24) is 5.11 Å². The quantitative estimate of drug-likeness (QED) is 0.0189. The number of aliphatic imine (C=N–C) groups is 4. The number of hydrogen-bond acceptors (Lipinski definition) is 16. The van der Waals surface area contributed by atoms with Crippen molar-refractivity contribution in [1.29, 1.82) is 0 Å². The van der Waals surface area contributed by atoms with E-state index in [1.54, 1.807) is 13.0 Å². The van der Waals surface area contributed by atoms with Crippen LogP contribution in [0.25, 0.3) is 64.6 Å². The fourth-order valence-electron chi connectivity index (χ4n) is 11.5. The molecule has 0 atom stereocenters. The number of aromatic nitrogens is 2. The fourth-order valence-corrected chi connectivity index (χ4v) is 16.5. The van der Waals surface area contributed by atoms with Gasteiger partial charge in [-0.1, -0.05) is 0 Å². The first kappa shape index (κ1) is 63.5. The number of benzene rings is 8. The predicted octanol–water partition coefficient (Wildman–Crippen LogP) is 6.10. The van der Waals surface area contributed by atoms with Gasteiger partial charge >= 0.3 is 560 Å². The Labute approximate surface area is 568 Å². The molecule has 0 saturated heterocycles. The van der Waals surface area contributed by atoms with Crippen molar-refractivity contribution < 1.29 is 114 Å². The van der Waals surface area contributed by atoms with Gasteiger partial charge in [-0.15, -0.1) is 0 Å². The second-order valence-electron chi connectivity index (χ2n) is 20.9. The summed E-state index contributed by atoms with van der Waals surface area (Å²) in [4.78, 5) is 34.3. The number of ether oxygens (including phenoxy) is 4. The summed E-state index contributed by atoms with van der Waals surface area (Å²) in [7, 11) is -4.57. The van der Waals surface area contributed by atoms with Gasteiger partial charge in [-0.05, 0) is 0 Å². The molecule has 0 saturated carbocycles. The van der Waals surface area contributed by atoms with Gasteiger partial charge in [0.1, 0.15) is 0 Å². The minimum absolute atomic E-state index is 0. The van der Waals surface area contributed by atoms with E-state index >= 15 is 0 Å². The first-order valence-electron chi connectivity index (χ1n) is 28.2. The minimum atomic E-state index is -4.57. The maximum Gasteiger partial charge on any atom is 1.00 e. The average molecular weight is 1340 g/mol. The number of fused-ring (bicyclic) bond motifs is 18. The minimum Gasteiger partial charge on any atom is -1.00 e. The Balaban J connectivity index is 0.00000192. The third-order valence-electron chi connectivity index (χ3n) is 15.6. The van der Waals surface area contributed by atoms with Crippen LogP contribution in [0.5, 0.6) is 23.0 Å². The molecule has 88 heavy (non-hydrogen) atoms. The van der Waals surface area contributed by atoms with E-state index in [0.29, 0.717) is 143 Å². The van der Waals surface area contributed by atoms with Gasteiger partial charge in [-0.25, -0.2) is 5.26 Å². The number of hydrogen-bond donors (Lipinski definition) is 2. The average Bonchev–Trinajstić information content (AvgIpc) is 1.54. The zero-order chi connectivity index (χ0) is 58.1. The van der Waals surface area contributed by atoms with Gasteiger partial charge in [0.2, 0.25) is 0 Å². The smallest absolute Gasteiger partial charge is 1.00 e. The summed E-state index contributed by atoms with van der Waals surface area (Å²) >= 11 is -2.03. The Morgan fingerprint density at radius 1 is 0.545 bits per heavy atom. The van der Waals surface area contributed by atoms with Crippen LogP contribution in [-0.2, 0) is 19.5 Å². The van der Waals surface area contributed by atoms with Crippen molar-refractivity contribution in [2.24, 2.45) is 30.0 Å². The van der Waals surface area contributed by atoms with Gasteiger partial charge in [0.25, 0.3) is 0 Å². The van der Waals surface area contributed by atoms with E-state index in [1.807, 2.05) is 72.8 Å². The first-order valence-corrected chi connectivity index (χ1v) is 33.3. The van der Waals surface area contributed by atoms with E-state index in [1.165, 1.54) is 12.1 Å². The van der Waals surface area contributed by atoms with E-state index in [2.05, 4.69) is 61.0 Å². The van der Waals surface area contributed by atoms with Crippen LogP contribution in [0, 0.1) is 11.8 Å². The second kappa shape index (κ2) is 26.4. The molecule has 4 aliphatic rings. The molecule has 24 heteroatoms. The van der Waals surface area contributed by atoms with Crippen LogP contribution in [0.3, 0.4) is 0 Å². The van der Waals surface area contributed by atoms with Crippen molar-refractivity contribution in [3.63, 3.8) is 0 Å². The van der Waals surface area contributed by atoms with Gasteiger partial charge < -0.3 is 8.33 Å². The van der Waals surface area contributed by atoms with Crippen molar-refractivity contribution in [3.05, 3.63) is 142 Å². The van der Waals surface area contributed by atoms with Crippen LogP contribution >= 0.6 is 12.0 Å². The molecule has 0 aliphatic carbocycles. The molecule has 6 bridgehead atoms. The molecule has 0 unspecified atom stereocenters. The Hall–Kier alpha value is -6.11. The van der Waals surface area contributed by atoms with Gasteiger partial charge in [0.05, 0.1) is 0 Å². The number of rotatable bonds is 18.